The molecule has 1 heterocycles. The van der Waals surface area contributed by atoms with Gasteiger partial charge in [-0.15, -0.1) is 0 Å². The first-order chi connectivity index (χ1) is 7.74. The maximum atomic E-state index is 11.8. The predicted molar refractivity (Wildman–Crippen MR) is 65.2 cm³/mol. The van der Waals surface area contributed by atoms with Gasteiger partial charge in [0.25, 0.3) is 5.56 Å². The third kappa shape index (κ3) is 1.96. The molecule has 0 atom stereocenters. The average Bonchev–Trinajstić information content (AvgIpc) is 2.29. The zero-order chi connectivity index (χ0) is 11.5. The highest BCUT2D eigenvalue weighted by Gasteiger charge is 2.09. The van der Waals surface area contributed by atoms with Crippen molar-refractivity contribution in [2.75, 3.05) is 13.7 Å². The summed E-state index contributed by atoms with van der Waals surface area (Å²) in [5.74, 6) is 0. The maximum absolute atomic E-state index is 11.8. The monoisotopic (exact) mass is 237 g/mol. The van der Waals surface area contributed by atoms with Crippen LogP contribution in [0.1, 0.15) is 5.56 Å². The van der Waals surface area contributed by atoms with Gasteiger partial charge in [0.2, 0.25) is 0 Å². The Bertz CT molecular complexity index is 562. The molecule has 0 amide bonds. The molecule has 4 heteroatoms. The van der Waals surface area contributed by atoms with Gasteiger partial charge in [0.05, 0.1) is 11.6 Å². The van der Waals surface area contributed by atoms with Crippen LogP contribution in [0, 0.1) is 0 Å². The Labute approximate surface area is 98.0 Å². The van der Waals surface area contributed by atoms with E-state index in [1.807, 2.05) is 24.3 Å². The van der Waals surface area contributed by atoms with E-state index >= 15 is 0 Å². The molecular formula is C12H12ClNO2. The van der Waals surface area contributed by atoms with Crippen molar-refractivity contribution in [1.82, 2.24) is 4.98 Å². The van der Waals surface area contributed by atoms with Crippen LogP contribution >= 0.6 is 11.6 Å². The van der Waals surface area contributed by atoms with E-state index in [1.54, 1.807) is 7.11 Å². The van der Waals surface area contributed by atoms with E-state index in [2.05, 4.69) is 4.98 Å². The molecule has 0 saturated heterocycles. The molecular weight excluding hydrogens is 226 g/mol. The number of hydrogen-bond donors (Lipinski definition) is 1. The molecule has 84 valence electrons. The van der Waals surface area contributed by atoms with E-state index in [0.29, 0.717) is 23.6 Å². The lowest BCUT2D eigenvalue weighted by atomic mass is 10.1. The van der Waals surface area contributed by atoms with Gasteiger partial charge in [0.1, 0.15) is 0 Å². The molecule has 0 aliphatic rings. The van der Waals surface area contributed by atoms with Crippen LogP contribution in [0.4, 0.5) is 0 Å². The highest BCUT2D eigenvalue weighted by atomic mass is 35.5. The lowest BCUT2D eigenvalue weighted by molar-refractivity contribution is 0.202. The molecule has 3 nitrogen and oxygen atoms in total. The number of halogens is 1. The molecule has 0 fully saturated rings. The molecule has 0 aliphatic heterocycles. The van der Waals surface area contributed by atoms with Gasteiger partial charge in [-0.3, -0.25) is 4.79 Å². The molecule has 16 heavy (non-hydrogen) atoms. The van der Waals surface area contributed by atoms with Crippen molar-refractivity contribution >= 4 is 22.5 Å². The topological polar surface area (TPSA) is 42.1 Å². The van der Waals surface area contributed by atoms with Crippen LogP contribution in [-0.4, -0.2) is 18.7 Å². The molecule has 0 saturated carbocycles. The number of rotatable bonds is 3. The highest BCUT2D eigenvalue weighted by Crippen LogP contribution is 2.23. The second kappa shape index (κ2) is 4.68. The number of nitrogens with one attached hydrogen (secondary N) is 1. The summed E-state index contributed by atoms with van der Waals surface area (Å²) in [5.41, 5.74) is 1.21. The smallest absolute Gasteiger partial charge is 0.253 e. The Hall–Kier alpha value is -1.32. The van der Waals surface area contributed by atoms with E-state index < -0.39 is 0 Å². The van der Waals surface area contributed by atoms with E-state index in [1.165, 1.54) is 0 Å². The fraction of sp³-hybridized carbons (Fsp3) is 0.250. The third-order valence-electron chi connectivity index (χ3n) is 2.51. The number of methoxy groups -OCH3 is 1. The fourth-order valence-corrected chi connectivity index (χ4v) is 2.02. The van der Waals surface area contributed by atoms with Gasteiger partial charge in [0, 0.05) is 30.0 Å². The minimum absolute atomic E-state index is 0.138. The van der Waals surface area contributed by atoms with Crippen LogP contribution in [0.25, 0.3) is 10.9 Å². The fourth-order valence-electron chi connectivity index (χ4n) is 1.67. The summed E-state index contributed by atoms with van der Waals surface area (Å²) in [7, 11) is 1.60. The molecule has 0 aliphatic carbocycles. The largest absolute Gasteiger partial charge is 0.384 e. The summed E-state index contributed by atoms with van der Waals surface area (Å²) < 4.78 is 4.96. The van der Waals surface area contributed by atoms with Crippen molar-refractivity contribution in [2.24, 2.45) is 0 Å². The zero-order valence-electron chi connectivity index (χ0n) is 8.92. The van der Waals surface area contributed by atoms with Crippen LogP contribution in [0.2, 0.25) is 5.02 Å². The molecule has 0 spiro atoms. The normalized spacial score (nSPS) is 10.9. The number of fused-ring (bicyclic) bond motifs is 1. The van der Waals surface area contributed by atoms with Crippen LogP contribution in [-0.2, 0) is 11.2 Å². The van der Waals surface area contributed by atoms with Crippen molar-refractivity contribution in [3.05, 3.63) is 45.2 Å². The quantitative estimate of drug-likeness (QED) is 0.891. The summed E-state index contributed by atoms with van der Waals surface area (Å²) in [5, 5.41) is 1.39. The van der Waals surface area contributed by atoms with Crippen LogP contribution in [0.15, 0.2) is 29.1 Å². The highest BCUT2D eigenvalue weighted by molar-refractivity contribution is 6.36. The summed E-state index contributed by atoms with van der Waals surface area (Å²) in [4.78, 5) is 14.6. The Morgan fingerprint density at radius 3 is 2.88 bits per heavy atom. The molecule has 0 bridgehead atoms. The SMILES string of the molecule is COCCc1c(Cl)c2ccccc2[nH]c1=O. The van der Waals surface area contributed by atoms with Crippen molar-refractivity contribution in [2.45, 2.75) is 6.42 Å². The number of aromatic amines is 1. The second-order valence-electron chi connectivity index (χ2n) is 3.54. The predicted octanol–water partition coefficient (Wildman–Crippen LogP) is 2.37. The number of hydrogen-bond acceptors (Lipinski definition) is 2. The summed E-state index contributed by atoms with van der Waals surface area (Å²) in [6, 6.07) is 7.49. The number of H-pyrrole nitrogens is 1. The standard InChI is InChI=1S/C12H12ClNO2/c1-16-7-6-9-11(13)8-4-2-3-5-10(8)14-12(9)15/h2-5H,6-7H2,1H3,(H,14,15). The lowest BCUT2D eigenvalue weighted by Crippen LogP contribution is -2.15. The van der Waals surface area contributed by atoms with Crippen molar-refractivity contribution in [3.63, 3.8) is 0 Å². The average molecular weight is 238 g/mol. The van der Waals surface area contributed by atoms with E-state index in [4.69, 9.17) is 16.3 Å². The Morgan fingerprint density at radius 2 is 2.12 bits per heavy atom. The van der Waals surface area contributed by atoms with E-state index in [9.17, 15) is 4.79 Å². The third-order valence-corrected chi connectivity index (χ3v) is 2.94. The van der Waals surface area contributed by atoms with Gasteiger partial charge in [-0.2, -0.15) is 0 Å². The number of ether oxygens (including phenoxy) is 1. The lowest BCUT2D eigenvalue weighted by Gasteiger charge is -2.06. The Kier molecular flexibility index (Phi) is 3.27. The Morgan fingerprint density at radius 1 is 1.38 bits per heavy atom. The first-order valence-corrected chi connectivity index (χ1v) is 5.40. The molecule has 1 aromatic carbocycles. The van der Waals surface area contributed by atoms with Gasteiger partial charge in [-0.05, 0) is 6.07 Å². The molecule has 2 aromatic rings. The van der Waals surface area contributed by atoms with Crippen molar-refractivity contribution < 1.29 is 4.74 Å². The first-order valence-electron chi connectivity index (χ1n) is 5.02. The van der Waals surface area contributed by atoms with Crippen molar-refractivity contribution in [3.8, 4) is 0 Å². The molecule has 1 aromatic heterocycles. The summed E-state index contributed by atoms with van der Waals surface area (Å²) in [6.07, 6.45) is 0.523. The van der Waals surface area contributed by atoms with Crippen LogP contribution in [0.3, 0.4) is 0 Å². The van der Waals surface area contributed by atoms with Crippen molar-refractivity contribution in [1.29, 1.82) is 0 Å². The molecule has 2 rings (SSSR count). The molecule has 0 radical (unpaired) electrons. The number of para-hydroxylation sites is 1. The maximum Gasteiger partial charge on any atom is 0.253 e. The van der Waals surface area contributed by atoms with Crippen LogP contribution < -0.4 is 5.56 Å². The minimum atomic E-state index is -0.138. The number of benzene rings is 1. The Balaban J connectivity index is 2.61. The molecule has 1 N–H and O–H groups in total. The number of aromatic nitrogens is 1. The van der Waals surface area contributed by atoms with Crippen LogP contribution in [0.5, 0.6) is 0 Å². The minimum Gasteiger partial charge on any atom is -0.384 e. The van der Waals surface area contributed by atoms with E-state index in [-0.39, 0.29) is 5.56 Å². The zero-order valence-corrected chi connectivity index (χ0v) is 9.67. The van der Waals surface area contributed by atoms with E-state index in [0.717, 1.165) is 10.9 Å². The van der Waals surface area contributed by atoms with Gasteiger partial charge in [-0.1, -0.05) is 29.8 Å². The van der Waals surface area contributed by atoms with Gasteiger partial charge in [-0.25, -0.2) is 0 Å². The second-order valence-corrected chi connectivity index (χ2v) is 3.91. The first kappa shape index (κ1) is 11.2. The summed E-state index contributed by atoms with van der Waals surface area (Å²) in [6.45, 7) is 0.487. The summed E-state index contributed by atoms with van der Waals surface area (Å²) >= 11 is 6.21. The van der Waals surface area contributed by atoms with Gasteiger partial charge in [0.15, 0.2) is 0 Å². The molecule has 0 unspecified atom stereocenters. The van der Waals surface area contributed by atoms with Gasteiger partial charge < -0.3 is 9.72 Å². The number of pyridine rings is 1. The van der Waals surface area contributed by atoms with Gasteiger partial charge >= 0.3 is 0 Å².